The van der Waals surface area contributed by atoms with Crippen LogP contribution in [0.1, 0.15) is 37.6 Å². The monoisotopic (exact) mass is 448 g/mol. The largest absolute Gasteiger partial charge is 0.456 e. The molecule has 0 saturated heterocycles. The van der Waals surface area contributed by atoms with Crippen molar-refractivity contribution in [1.29, 1.82) is 5.26 Å². The first kappa shape index (κ1) is 20.0. The summed E-state index contributed by atoms with van der Waals surface area (Å²) in [5, 5.41) is 14.0. The average Bonchev–Trinajstić information content (AvgIpc) is 3.52. The molecular weight excluding hydrogens is 432 g/mol. The Balaban J connectivity index is 1.83. The van der Waals surface area contributed by atoms with E-state index in [1.807, 2.05) is 20.8 Å². The van der Waals surface area contributed by atoms with Gasteiger partial charge in [-0.3, -0.25) is 9.20 Å². The Bertz CT molecular complexity index is 1600. The summed E-state index contributed by atoms with van der Waals surface area (Å²) in [6.45, 7) is 5.70. The number of imidazole rings is 1. The lowest BCUT2D eigenvalue weighted by Gasteiger charge is -2.19. The van der Waals surface area contributed by atoms with Gasteiger partial charge in [0.1, 0.15) is 29.4 Å². The molecule has 0 aliphatic heterocycles. The van der Waals surface area contributed by atoms with Crippen LogP contribution in [0.25, 0.3) is 39.7 Å². The summed E-state index contributed by atoms with van der Waals surface area (Å²) < 4.78 is 14.1. The van der Waals surface area contributed by atoms with Crippen molar-refractivity contribution >= 4 is 28.2 Å². The SMILES string of the molecule is CCC(C)n1c(=O)c2c(-c3noc(-c4ccc(C)o4)n3)ncn2c2ccc(Cl)c(C#N)c21. The molecule has 0 bridgehead atoms. The molecule has 9 nitrogen and oxygen atoms in total. The van der Waals surface area contributed by atoms with Crippen molar-refractivity contribution in [1.82, 2.24) is 24.1 Å². The van der Waals surface area contributed by atoms with Crippen LogP contribution in [0, 0.1) is 18.3 Å². The van der Waals surface area contributed by atoms with Gasteiger partial charge in [-0.2, -0.15) is 10.2 Å². The summed E-state index contributed by atoms with van der Waals surface area (Å²) in [4.78, 5) is 22.5. The predicted molar refractivity (Wildman–Crippen MR) is 117 cm³/mol. The van der Waals surface area contributed by atoms with Gasteiger partial charge in [-0.25, -0.2) is 4.98 Å². The van der Waals surface area contributed by atoms with E-state index < -0.39 is 0 Å². The van der Waals surface area contributed by atoms with E-state index in [0.29, 0.717) is 29.0 Å². The smallest absolute Gasteiger partial charge is 0.293 e. The molecule has 32 heavy (non-hydrogen) atoms. The maximum Gasteiger partial charge on any atom is 0.293 e. The van der Waals surface area contributed by atoms with Gasteiger partial charge in [-0.15, -0.1) is 0 Å². The summed E-state index contributed by atoms with van der Waals surface area (Å²) in [5.74, 6) is 1.50. The minimum atomic E-state index is -0.321. The van der Waals surface area contributed by atoms with Gasteiger partial charge < -0.3 is 13.5 Å². The van der Waals surface area contributed by atoms with Crippen molar-refractivity contribution in [3.8, 4) is 29.2 Å². The highest BCUT2D eigenvalue weighted by atomic mass is 35.5. The third-order valence-corrected chi connectivity index (χ3v) is 5.84. The van der Waals surface area contributed by atoms with Gasteiger partial charge in [-0.05, 0) is 44.5 Å². The van der Waals surface area contributed by atoms with E-state index in [0.717, 1.165) is 0 Å². The van der Waals surface area contributed by atoms with Crippen LogP contribution in [-0.2, 0) is 0 Å². The third-order valence-electron chi connectivity index (χ3n) is 5.53. The van der Waals surface area contributed by atoms with Crippen LogP contribution >= 0.6 is 11.6 Å². The first-order chi connectivity index (χ1) is 15.4. The van der Waals surface area contributed by atoms with Crippen molar-refractivity contribution in [3.63, 3.8) is 0 Å². The molecule has 0 saturated carbocycles. The molecule has 4 heterocycles. The third kappa shape index (κ3) is 2.84. The Kier molecular flexibility index (Phi) is 4.60. The number of furan rings is 1. The molecule has 1 unspecified atom stereocenters. The number of nitrogens with zero attached hydrogens (tertiary/aromatic N) is 6. The number of aryl methyl sites for hydroxylation is 1. The molecule has 4 aromatic heterocycles. The molecule has 0 N–H and O–H groups in total. The second kappa shape index (κ2) is 7.35. The van der Waals surface area contributed by atoms with Crippen LogP contribution in [0.4, 0.5) is 0 Å². The fraction of sp³-hybridized carbons (Fsp3) is 0.227. The summed E-state index contributed by atoms with van der Waals surface area (Å²) in [5.41, 5.74) is 1.58. The molecule has 10 heteroatoms. The lowest BCUT2D eigenvalue weighted by atomic mass is 10.1. The first-order valence-corrected chi connectivity index (χ1v) is 10.4. The van der Waals surface area contributed by atoms with E-state index in [4.69, 9.17) is 20.5 Å². The molecular formula is C22H17ClN6O3. The maximum atomic E-state index is 13.7. The van der Waals surface area contributed by atoms with Gasteiger partial charge >= 0.3 is 0 Å². The van der Waals surface area contributed by atoms with Gasteiger partial charge in [0.25, 0.3) is 11.4 Å². The average molecular weight is 449 g/mol. The first-order valence-electron chi connectivity index (χ1n) is 9.99. The molecule has 0 radical (unpaired) electrons. The van der Waals surface area contributed by atoms with Gasteiger partial charge in [0.05, 0.1) is 21.6 Å². The van der Waals surface area contributed by atoms with Crippen LogP contribution < -0.4 is 5.56 Å². The molecule has 1 aromatic carbocycles. The number of halogens is 1. The van der Waals surface area contributed by atoms with E-state index in [9.17, 15) is 10.1 Å². The molecule has 5 aromatic rings. The van der Waals surface area contributed by atoms with Gasteiger partial charge in [-0.1, -0.05) is 23.7 Å². The second-order valence-corrected chi connectivity index (χ2v) is 7.89. The zero-order valence-corrected chi connectivity index (χ0v) is 18.2. The molecule has 0 aliphatic carbocycles. The number of fused-ring (bicyclic) bond motifs is 3. The summed E-state index contributed by atoms with van der Waals surface area (Å²) >= 11 is 6.29. The highest BCUT2D eigenvalue weighted by Gasteiger charge is 2.25. The minimum Gasteiger partial charge on any atom is -0.456 e. The number of benzene rings is 1. The van der Waals surface area contributed by atoms with E-state index in [1.165, 1.54) is 6.33 Å². The summed E-state index contributed by atoms with van der Waals surface area (Å²) in [6, 6.07) is 8.88. The van der Waals surface area contributed by atoms with Crippen molar-refractivity contribution in [2.45, 2.75) is 33.2 Å². The van der Waals surface area contributed by atoms with Crippen molar-refractivity contribution < 1.29 is 8.94 Å². The highest BCUT2D eigenvalue weighted by Crippen LogP contribution is 2.31. The van der Waals surface area contributed by atoms with E-state index >= 15 is 0 Å². The topological polar surface area (TPSA) is 115 Å². The zero-order chi connectivity index (χ0) is 22.6. The number of rotatable bonds is 4. The molecule has 0 fully saturated rings. The Morgan fingerprint density at radius 2 is 2.06 bits per heavy atom. The van der Waals surface area contributed by atoms with E-state index in [2.05, 4.69) is 21.2 Å². The molecule has 0 aliphatic rings. The van der Waals surface area contributed by atoms with Gasteiger partial charge in [0, 0.05) is 6.04 Å². The summed E-state index contributed by atoms with van der Waals surface area (Å²) in [6.07, 6.45) is 2.19. The van der Waals surface area contributed by atoms with Crippen LogP contribution in [0.2, 0.25) is 5.02 Å². The van der Waals surface area contributed by atoms with Gasteiger partial charge in [0.15, 0.2) is 5.76 Å². The fourth-order valence-corrected chi connectivity index (χ4v) is 3.98. The number of hydrogen-bond acceptors (Lipinski definition) is 7. The van der Waals surface area contributed by atoms with Crippen LogP contribution in [0.5, 0.6) is 0 Å². The van der Waals surface area contributed by atoms with Crippen LogP contribution in [0.3, 0.4) is 0 Å². The summed E-state index contributed by atoms with van der Waals surface area (Å²) in [7, 11) is 0. The Hall–Kier alpha value is -3.90. The highest BCUT2D eigenvalue weighted by molar-refractivity contribution is 6.32. The van der Waals surface area contributed by atoms with Gasteiger partial charge in [0.2, 0.25) is 5.82 Å². The Morgan fingerprint density at radius 3 is 2.75 bits per heavy atom. The van der Waals surface area contributed by atoms with Crippen LogP contribution in [0.15, 0.2) is 44.3 Å². The second-order valence-electron chi connectivity index (χ2n) is 7.48. The van der Waals surface area contributed by atoms with Crippen molar-refractivity contribution in [2.75, 3.05) is 0 Å². The lowest BCUT2D eigenvalue weighted by molar-refractivity contribution is 0.414. The quantitative estimate of drug-likeness (QED) is 0.389. The van der Waals surface area contributed by atoms with E-state index in [-0.39, 0.29) is 45.1 Å². The zero-order valence-electron chi connectivity index (χ0n) is 17.5. The van der Waals surface area contributed by atoms with Crippen LogP contribution in [-0.4, -0.2) is 24.1 Å². The molecule has 160 valence electrons. The Labute approximate surface area is 186 Å². The predicted octanol–water partition coefficient (Wildman–Crippen LogP) is 4.76. The molecule has 0 amide bonds. The lowest BCUT2D eigenvalue weighted by Crippen LogP contribution is -2.26. The standard InChI is InChI=1S/C22H17ClN6O3/c1-4-11(2)29-18-13(9-24)14(23)6-7-15(18)28-10-25-17(19(28)22(29)30)20-26-21(32-27-20)16-8-5-12(3)31-16/h5-8,10-11H,4H2,1-3H3. The fourth-order valence-electron chi connectivity index (χ4n) is 3.79. The number of aromatic nitrogens is 5. The van der Waals surface area contributed by atoms with E-state index in [1.54, 1.807) is 33.2 Å². The molecule has 0 spiro atoms. The normalized spacial score (nSPS) is 12.5. The van der Waals surface area contributed by atoms with Crippen molar-refractivity contribution in [2.24, 2.45) is 0 Å². The van der Waals surface area contributed by atoms with Crippen molar-refractivity contribution in [3.05, 3.63) is 57.3 Å². The molecule has 1 atom stereocenters. The Morgan fingerprint density at radius 1 is 1.25 bits per heavy atom. The molecule has 5 rings (SSSR count). The number of hydrogen-bond donors (Lipinski definition) is 0. The minimum absolute atomic E-state index is 0.165. The maximum absolute atomic E-state index is 13.7. The number of nitriles is 1.